The van der Waals surface area contributed by atoms with E-state index in [0.717, 1.165) is 0 Å². The van der Waals surface area contributed by atoms with Crippen LogP contribution in [0, 0.1) is 0 Å². The third-order valence-electron chi connectivity index (χ3n) is 3.52. The third kappa shape index (κ3) is 3.24. The molecule has 0 bridgehead atoms. The molecule has 0 heterocycles. The van der Waals surface area contributed by atoms with Crippen molar-refractivity contribution in [1.29, 1.82) is 0 Å². The highest BCUT2D eigenvalue weighted by molar-refractivity contribution is 5.27. The van der Waals surface area contributed by atoms with Gasteiger partial charge in [-0.15, -0.1) is 0 Å². The van der Waals surface area contributed by atoms with Crippen molar-refractivity contribution in [3.8, 4) is 0 Å². The highest BCUT2D eigenvalue weighted by Crippen LogP contribution is 2.30. The number of rotatable bonds is 4. The van der Waals surface area contributed by atoms with Gasteiger partial charge in [-0.1, -0.05) is 60.7 Å². The van der Waals surface area contributed by atoms with Crippen molar-refractivity contribution in [2.45, 2.75) is 38.8 Å². The molecule has 0 aromatic heterocycles. The second-order valence-electron chi connectivity index (χ2n) is 5.96. The van der Waals surface area contributed by atoms with Crippen molar-refractivity contribution >= 4 is 0 Å². The molecule has 2 aromatic rings. The van der Waals surface area contributed by atoms with Gasteiger partial charge in [-0.2, -0.15) is 0 Å². The van der Waals surface area contributed by atoms with Gasteiger partial charge >= 0.3 is 0 Å². The molecule has 1 heteroatoms. The van der Waals surface area contributed by atoms with Gasteiger partial charge in [0, 0.05) is 0 Å². The summed E-state index contributed by atoms with van der Waals surface area (Å²) in [7, 11) is 0. The maximum absolute atomic E-state index is 5.08. The summed E-state index contributed by atoms with van der Waals surface area (Å²) in [4.78, 5) is 0. The van der Waals surface area contributed by atoms with Crippen molar-refractivity contribution in [3.05, 3.63) is 71.8 Å². The molecule has 1 nitrogen and oxygen atoms in total. The van der Waals surface area contributed by atoms with Crippen molar-refractivity contribution in [1.82, 2.24) is 5.32 Å². The minimum atomic E-state index is -0.194. The normalized spacial score (nSPS) is 12.4. The molecule has 0 aliphatic rings. The number of hydrogen-bond donors (Lipinski definition) is 0. The van der Waals surface area contributed by atoms with Gasteiger partial charge in [0.1, 0.15) is 0 Å². The van der Waals surface area contributed by atoms with Gasteiger partial charge in [0.2, 0.25) is 0 Å². The van der Waals surface area contributed by atoms with Crippen LogP contribution in [-0.4, -0.2) is 0 Å². The van der Waals surface area contributed by atoms with Crippen molar-refractivity contribution in [3.63, 3.8) is 0 Å². The molecule has 0 spiro atoms. The van der Waals surface area contributed by atoms with Crippen LogP contribution in [0.4, 0.5) is 0 Å². The Balaban J connectivity index is 2.25. The van der Waals surface area contributed by atoms with Gasteiger partial charge in [0.15, 0.2) is 0 Å². The molecular formula is C18H22N. The summed E-state index contributed by atoms with van der Waals surface area (Å²) in [6, 6.07) is 20.9. The standard InChI is InChI=1S/C18H22N/c1-17(2,15-11-7-5-8-12-15)19-18(3,4)16-13-9-6-10-14-16/h5-14H,1-4H3. The summed E-state index contributed by atoms with van der Waals surface area (Å²) in [5, 5.41) is 5.08. The van der Waals surface area contributed by atoms with Crippen LogP contribution in [-0.2, 0) is 11.1 Å². The van der Waals surface area contributed by atoms with Crippen molar-refractivity contribution in [2.75, 3.05) is 0 Å². The monoisotopic (exact) mass is 252 g/mol. The first kappa shape index (κ1) is 13.8. The molecule has 0 aliphatic heterocycles. The zero-order valence-corrected chi connectivity index (χ0v) is 12.2. The van der Waals surface area contributed by atoms with E-state index in [0.29, 0.717) is 0 Å². The Morgan fingerprint density at radius 2 is 0.895 bits per heavy atom. The summed E-state index contributed by atoms with van der Waals surface area (Å²) in [5.74, 6) is 0. The summed E-state index contributed by atoms with van der Waals surface area (Å²) < 4.78 is 0. The topological polar surface area (TPSA) is 14.1 Å². The minimum absolute atomic E-state index is 0.194. The average Bonchev–Trinajstić information content (AvgIpc) is 2.40. The lowest BCUT2D eigenvalue weighted by Crippen LogP contribution is -2.42. The smallest absolute Gasteiger partial charge is 0.0559 e. The van der Waals surface area contributed by atoms with Crippen molar-refractivity contribution < 1.29 is 0 Å². The predicted molar refractivity (Wildman–Crippen MR) is 81.1 cm³/mol. The van der Waals surface area contributed by atoms with Gasteiger partial charge in [0.05, 0.1) is 11.1 Å². The van der Waals surface area contributed by atoms with E-state index < -0.39 is 0 Å². The molecule has 0 saturated heterocycles. The lowest BCUT2D eigenvalue weighted by atomic mass is 9.87. The Morgan fingerprint density at radius 3 is 1.21 bits per heavy atom. The largest absolute Gasteiger partial charge is 0.220 e. The Bertz CT molecular complexity index is 462. The molecule has 0 unspecified atom stereocenters. The van der Waals surface area contributed by atoms with E-state index in [9.17, 15) is 0 Å². The van der Waals surface area contributed by atoms with Gasteiger partial charge in [-0.25, -0.2) is 5.32 Å². The molecule has 0 amide bonds. The third-order valence-corrected chi connectivity index (χ3v) is 3.52. The fourth-order valence-electron chi connectivity index (χ4n) is 2.52. The SMILES string of the molecule is CC(C)([N]C(C)(C)c1ccccc1)c1ccccc1. The molecule has 0 aliphatic carbocycles. The first-order valence-corrected chi connectivity index (χ1v) is 6.77. The highest BCUT2D eigenvalue weighted by atomic mass is 15.0. The Morgan fingerprint density at radius 1 is 0.579 bits per heavy atom. The molecule has 2 aromatic carbocycles. The summed E-state index contributed by atoms with van der Waals surface area (Å²) in [5.41, 5.74) is 2.11. The summed E-state index contributed by atoms with van der Waals surface area (Å²) in [6.45, 7) is 8.69. The van der Waals surface area contributed by atoms with Crippen LogP contribution >= 0.6 is 0 Å². The first-order valence-electron chi connectivity index (χ1n) is 6.77. The second kappa shape index (κ2) is 5.18. The first-order chi connectivity index (χ1) is 8.92. The molecular weight excluding hydrogens is 230 g/mol. The summed E-state index contributed by atoms with van der Waals surface area (Å²) in [6.07, 6.45) is 0. The van der Waals surface area contributed by atoms with Crippen LogP contribution < -0.4 is 5.32 Å². The van der Waals surface area contributed by atoms with E-state index in [4.69, 9.17) is 5.32 Å². The molecule has 2 rings (SSSR count). The maximum atomic E-state index is 5.08. The van der Waals surface area contributed by atoms with Crippen LogP contribution in [0.25, 0.3) is 0 Å². The van der Waals surface area contributed by atoms with Gasteiger partial charge < -0.3 is 0 Å². The number of nitrogens with zero attached hydrogens (tertiary/aromatic N) is 1. The molecule has 99 valence electrons. The van der Waals surface area contributed by atoms with E-state index in [1.807, 2.05) is 12.1 Å². The molecule has 1 radical (unpaired) electrons. The van der Waals surface area contributed by atoms with E-state index in [-0.39, 0.29) is 11.1 Å². The molecule has 0 saturated carbocycles. The van der Waals surface area contributed by atoms with Crippen LogP contribution in [0.3, 0.4) is 0 Å². The van der Waals surface area contributed by atoms with E-state index in [1.165, 1.54) is 11.1 Å². The second-order valence-corrected chi connectivity index (χ2v) is 5.96. The summed E-state index contributed by atoms with van der Waals surface area (Å²) >= 11 is 0. The number of benzene rings is 2. The lowest BCUT2D eigenvalue weighted by Gasteiger charge is -2.36. The Labute approximate surface area is 116 Å². The quantitative estimate of drug-likeness (QED) is 0.762. The molecule has 0 fully saturated rings. The Hall–Kier alpha value is -1.60. The maximum Gasteiger partial charge on any atom is 0.0559 e. The highest BCUT2D eigenvalue weighted by Gasteiger charge is 2.31. The minimum Gasteiger partial charge on any atom is -0.220 e. The fourth-order valence-corrected chi connectivity index (χ4v) is 2.52. The number of hydrogen-bond acceptors (Lipinski definition) is 0. The van der Waals surface area contributed by atoms with Gasteiger partial charge in [0.25, 0.3) is 0 Å². The van der Waals surface area contributed by atoms with Crippen LogP contribution in [0.15, 0.2) is 60.7 Å². The Kier molecular flexibility index (Phi) is 3.77. The molecule has 0 atom stereocenters. The van der Waals surface area contributed by atoms with Gasteiger partial charge in [-0.05, 0) is 38.8 Å². The van der Waals surface area contributed by atoms with Crippen LogP contribution in [0.5, 0.6) is 0 Å². The van der Waals surface area contributed by atoms with E-state index >= 15 is 0 Å². The molecule has 0 N–H and O–H groups in total. The zero-order valence-electron chi connectivity index (χ0n) is 12.2. The average molecular weight is 252 g/mol. The van der Waals surface area contributed by atoms with E-state index in [2.05, 4.69) is 76.2 Å². The fraction of sp³-hybridized carbons (Fsp3) is 0.333. The molecule has 19 heavy (non-hydrogen) atoms. The van der Waals surface area contributed by atoms with E-state index in [1.54, 1.807) is 0 Å². The zero-order chi connectivity index (χ0) is 13.9. The van der Waals surface area contributed by atoms with Crippen LogP contribution in [0.1, 0.15) is 38.8 Å². The van der Waals surface area contributed by atoms with Crippen LogP contribution in [0.2, 0.25) is 0 Å². The van der Waals surface area contributed by atoms with Crippen molar-refractivity contribution in [2.24, 2.45) is 0 Å². The lowest BCUT2D eigenvalue weighted by molar-refractivity contribution is 0.260. The predicted octanol–water partition coefficient (Wildman–Crippen LogP) is 4.46. The van der Waals surface area contributed by atoms with Gasteiger partial charge in [-0.3, -0.25) is 0 Å².